The van der Waals surface area contributed by atoms with E-state index in [1.54, 1.807) is 5.01 Å². The lowest BCUT2D eigenvalue weighted by molar-refractivity contribution is 0.0979. The molecule has 2 aromatic carbocycles. The Morgan fingerprint density at radius 1 is 0.885 bits per heavy atom. The number of rotatable bonds is 3. The Labute approximate surface area is 154 Å². The summed E-state index contributed by atoms with van der Waals surface area (Å²) < 4.78 is 0. The van der Waals surface area contributed by atoms with E-state index in [9.17, 15) is 4.79 Å². The largest absolute Gasteiger partial charge is 0.396 e. The minimum atomic E-state index is -0.0573. The van der Waals surface area contributed by atoms with Crippen LogP contribution in [0.15, 0.2) is 48.5 Å². The zero-order valence-electron chi connectivity index (χ0n) is 15.7. The van der Waals surface area contributed by atoms with E-state index in [-0.39, 0.29) is 18.0 Å². The lowest BCUT2D eigenvalue weighted by Crippen LogP contribution is -2.42. The number of fused-ring (bicyclic) bond motifs is 2. The van der Waals surface area contributed by atoms with Gasteiger partial charge in [0.05, 0.1) is 17.1 Å². The number of hydrogen-bond donors (Lipinski definition) is 2. The molecule has 0 saturated heterocycles. The van der Waals surface area contributed by atoms with Crippen molar-refractivity contribution >= 4 is 23.0 Å². The number of hydrogen-bond acceptors (Lipinski definition) is 4. The first-order valence-corrected chi connectivity index (χ1v) is 8.90. The summed E-state index contributed by atoms with van der Waals surface area (Å²) in [7, 11) is 0. The third-order valence-electron chi connectivity index (χ3n) is 4.67. The molecule has 0 bridgehead atoms. The topological polar surface area (TPSA) is 75.6 Å². The molecule has 5 nitrogen and oxygen atoms in total. The van der Waals surface area contributed by atoms with Crippen LogP contribution < -0.4 is 16.5 Å². The number of carbonyl (C=O) groups excluding carboxylic acids is 1. The van der Waals surface area contributed by atoms with Gasteiger partial charge in [-0.05, 0) is 39.8 Å². The van der Waals surface area contributed by atoms with Crippen molar-refractivity contribution in [3.8, 4) is 0 Å². The number of hydrazine groups is 1. The van der Waals surface area contributed by atoms with Crippen LogP contribution in [0.1, 0.15) is 49.2 Å². The Balaban J connectivity index is 2.43. The molecule has 1 amide bonds. The number of benzene rings is 2. The fourth-order valence-corrected chi connectivity index (χ4v) is 3.35. The maximum absolute atomic E-state index is 13.4. The first kappa shape index (κ1) is 18.0. The maximum Gasteiger partial charge on any atom is 0.259 e. The van der Waals surface area contributed by atoms with Gasteiger partial charge in [0, 0.05) is 28.8 Å². The summed E-state index contributed by atoms with van der Waals surface area (Å²) in [5, 5.41) is 1.68. The van der Waals surface area contributed by atoms with Crippen molar-refractivity contribution in [2.75, 3.05) is 4.90 Å². The van der Waals surface area contributed by atoms with Crippen molar-refractivity contribution in [1.82, 2.24) is 5.01 Å². The highest BCUT2D eigenvalue weighted by molar-refractivity contribution is 6.13. The van der Waals surface area contributed by atoms with E-state index in [2.05, 4.69) is 0 Å². The molecule has 0 atom stereocenters. The molecule has 26 heavy (non-hydrogen) atoms. The molecule has 0 saturated carbocycles. The zero-order valence-corrected chi connectivity index (χ0v) is 15.7. The second-order valence-corrected chi connectivity index (χ2v) is 7.09. The fraction of sp³-hybridized carbons (Fsp3) is 0.286. The van der Waals surface area contributed by atoms with Crippen molar-refractivity contribution in [2.45, 2.75) is 39.8 Å². The van der Waals surface area contributed by atoms with Crippen LogP contribution in [-0.2, 0) is 0 Å². The minimum Gasteiger partial charge on any atom is -0.396 e. The Morgan fingerprint density at radius 2 is 1.42 bits per heavy atom. The summed E-state index contributed by atoms with van der Waals surface area (Å²) in [6.07, 6.45) is 0. The molecule has 0 fully saturated rings. The predicted octanol–water partition coefficient (Wildman–Crippen LogP) is 3.42. The second-order valence-electron chi connectivity index (χ2n) is 7.09. The van der Waals surface area contributed by atoms with Crippen molar-refractivity contribution in [3.05, 3.63) is 65.2 Å². The molecule has 4 N–H and O–H groups in total. The van der Waals surface area contributed by atoms with E-state index in [4.69, 9.17) is 11.6 Å². The van der Waals surface area contributed by atoms with Crippen LogP contribution in [-0.4, -0.2) is 23.0 Å². The molecule has 1 heterocycles. The summed E-state index contributed by atoms with van der Waals surface area (Å²) in [6, 6.07) is 15.3. The molecular weight excluding hydrogens is 324 g/mol. The Bertz CT molecular complexity index is 870. The molecule has 2 aromatic rings. The van der Waals surface area contributed by atoms with Gasteiger partial charge < -0.3 is 15.6 Å². The summed E-state index contributed by atoms with van der Waals surface area (Å²) in [6.45, 7) is 8.04. The average molecular weight is 350 g/mol. The SMILES string of the molecule is CC(C)N(N)/C1=C(\N)c2ccccc2C(=O)N(C(C)C)c2ccccc21. The first-order valence-electron chi connectivity index (χ1n) is 8.90. The normalized spacial score (nSPS) is 17.0. The molecular formula is C21H26N4O. The average Bonchev–Trinajstić information content (AvgIpc) is 2.61. The standard InChI is InChI=1S/C21H26N4O/c1-13(2)24-18-12-8-7-11-17(18)20(25(23)14(3)4)19(22)15-9-5-6-10-16(15)21(24)26/h5-14H,22-23H2,1-4H3/b20-19-. The van der Waals surface area contributed by atoms with Gasteiger partial charge >= 0.3 is 0 Å². The van der Waals surface area contributed by atoms with Gasteiger partial charge in [0.15, 0.2) is 0 Å². The Morgan fingerprint density at radius 3 is 2.00 bits per heavy atom. The van der Waals surface area contributed by atoms with E-state index in [1.807, 2.05) is 81.1 Å². The van der Waals surface area contributed by atoms with Gasteiger partial charge in [0.1, 0.15) is 0 Å². The van der Waals surface area contributed by atoms with Gasteiger partial charge in [-0.3, -0.25) is 4.79 Å². The summed E-state index contributed by atoms with van der Waals surface area (Å²) in [5.74, 6) is 6.37. The van der Waals surface area contributed by atoms with E-state index >= 15 is 0 Å². The zero-order chi connectivity index (χ0) is 19.0. The van der Waals surface area contributed by atoms with Gasteiger partial charge in [-0.2, -0.15) is 0 Å². The molecule has 0 unspecified atom stereocenters. The van der Waals surface area contributed by atoms with Crippen molar-refractivity contribution in [1.29, 1.82) is 0 Å². The second kappa shape index (κ2) is 6.84. The van der Waals surface area contributed by atoms with Crippen LogP contribution in [0, 0.1) is 0 Å². The number of amides is 1. The summed E-state index contributed by atoms with van der Waals surface area (Å²) in [5.41, 5.74) is 10.8. The fourth-order valence-electron chi connectivity index (χ4n) is 3.35. The van der Waals surface area contributed by atoms with Gasteiger partial charge in [-0.1, -0.05) is 36.4 Å². The van der Waals surface area contributed by atoms with Gasteiger partial charge in [0.2, 0.25) is 0 Å². The minimum absolute atomic E-state index is 0.0115. The summed E-state index contributed by atoms with van der Waals surface area (Å²) in [4.78, 5) is 15.2. The highest BCUT2D eigenvalue weighted by Gasteiger charge is 2.31. The molecule has 0 aliphatic carbocycles. The van der Waals surface area contributed by atoms with Gasteiger partial charge in [0.25, 0.3) is 5.91 Å². The molecule has 0 radical (unpaired) electrons. The van der Waals surface area contributed by atoms with Crippen LogP contribution in [0.3, 0.4) is 0 Å². The molecule has 0 aromatic heterocycles. The predicted molar refractivity (Wildman–Crippen MR) is 107 cm³/mol. The highest BCUT2D eigenvalue weighted by atomic mass is 16.2. The van der Waals surface area contributed by atoms with Gasteiger partial charge in [-0.15, -0.1) is 0 Å². The Kier molecular flexibility index (Phi) is 4.74. The van der Waals surface area contributed by atoms with Crippen molar-refractivity contribution in [3.63, 3.8) is 0 Å². The van der Waals surface area contributed by atoms with Crippen molar-refractivity contribution < 1.29 is 4.79 Å². The number of nitrogens with zero attached hydrogens (tertiary/aromatic N) is 2. The summed E-state index contributed by atoms with van der Waals surface area (Å²) >= 11 is 0. The van der Waals surface area contributed by atoms with Gasteiger partial charge in [-0.25, -0.2) is 5.84 Å². The lowest BCUT2D eigenvalue weighted by atomic mass is 9.94. The van der Waals surface area contributed by atoms with Crippen LogP contribution in [0.5, 0.6) is 0 Å². The third-order valence-corrected chi connectivity index (χ3v) is 4.67. The number of carbonyl (C=O) groups is 1. The van der Waals surface area contributed by atoms with E-state index in [1.165, 1.54) is 0 Å². The Hall–Kier alpha value is -2.79. The number of anilines is 1. The molecule has 1 aliphatic heterocycles. The maximum atomic E-state index is 13.4. The first-order chi connectivity index (χ1) is 12.3. The number of nitrogens with two attached hydrogens (primary N) is 2. The molecule has 1 aliphatic rings. The molecule has 3 rings (SSSR count). The van der Waals surface area contributed by atoms with Crippen LogP contribution in [0.25, 0.3) is 11.4 Å². The van der Waals surface area contributed by atoms with E-state index < -0.39 is 0 Å². The smallest absolute Gasteiger partial charge is 0.259 e. The molecule has 5 heteroatoms. The highest BCUT2D eigenvalue weighted by Crippen LogP contribution is 2.37. The third kappa shape index (κ3) is 2.84. The van der Waals surface area contributed by atoms with Crippen LogP contribution in [0.2, 0.25) is 0 Å². The van der Waals surface area contributed by atoms with Crippen LogP contribution in [0.4, 0.5) is 5.69 Å². The number of para-hydroxylation sites is 1. The lowest BCUT2D eigenvalue weighted by Gasteiger charge is -2.36. The monoisotopic (exact) mass is 350 g/mol. The quantitative estimate of drug-likeness (QED) is 0.657. The van der Waals surface area contributed by atoms with Crippen LogP contribution >= 0.6 is 0 Å². The molecule has 136 valence electrons. The van der Waals surface area contributed by atoms with E-state index in [0.717, 1.165) is 16.9 Å². The van der Waals surface area contributed by atoms with E-state index in [0.29, 0.717) is 16.8 Å². The molecule has 0 spiro atoms. The van der Waals surface area contributed by atoms with Crippen molar-refractivity contribution in [2.24, 2.45) is 11.6 Å².